The first-order valence-corrected chi connectivity index (χ1v) is 14.0. The van der Waals surface area contributed by atoms with Crippen LogP contribution in [-0.2, 0) is 0 Å². The van der Waals surface area contributed by atoms with Crippen molar-refractivity contribution in [3.8, 4) is 11.7 Å². The minimum absolute atomic E-state index is 0.0877. The maximum absolute atomic E-state index is 15.8. The number of rotatable bonds is 5. The molecule has 0 radical (unpaired) electrons. The second kappa shape index (κ2) is 11.8. The highest BCUT2D eigenvalue weighted by molar-refractivity contribution is 7.09. The molecule has 0 spiro atoms. The van der Waals surface area contributed by atoms with Crippen molar-refractivity contribution < 1.29 is 48.8 Å². The molecule has 1 aliphatic heterocycles. The molecule has 0 bridgehead atoms. The second-order valence-electron chi connectivity index (χ2n) is 12.8. The normalized spacial score (nSPS) is 17.2. The quantitative estimate of drug-likeness (QED) is 0.112. The minimum Gasteiger partial charge on any atom is -0.329 e. The van der Waals surface area contributed by atoms with Crippen LogP contribution in [0, 0.1) is 69.9 Å². The van der Waals surface area contributed by atoms with Crippen LogP contribution in [0.1, 0.15) is 59.4 Å². The number of quaternary nitrogens is 1. The van der Waals surface area contributed by atoms with Gasteiger partial charge in [-0.1, -0.05) is 30.9 Å². The number of likely N-dealkylation sites (tertiary alicyclic amines) is 1. The van der Waals surface area contributed by atoms with Crippen molar-refractivity contribution in [2.45, 2.75) is 70.8 Å². The van der Waals surface area contributed by atoms with E-state index in [1.54, 1.807) is 6.07 Å². The molecule has 1 nitrogen and oxygen atoms in total. The third-order valence-electron chi connectivity index (χ3n) is 9.23. The molecule has 0 aliphatic carbocycles. The van der Waals surface area contributed by atoms with Gasteiger partial charge in [-0.3, -0.25) is 5.82 Å². The fraction of sp³-hybridized carbons (Fsp3) is 0.375. The highest BCUT2D eigenvalue weighted by atomic mass is 19.2. The molecule has 0 aromatic heterocycles. The molecule has 3 aromatic rings. The Balaban J connectivity index is 2.23. The van der Waals surface area contributed by atoms with E-state index in [0.29, 0.717) is 12.8 Å². The molecule has 4 rings (SSSR count). The number of hydrogen-bond donors (Lipinski definition) is 1. The lowest BCUT2D eigenvalue weighted by Gasteiger charge is -2.53. The first-order chi connectivity index (χ1) is 20.4. The lowest BCUT2D eigenvalue weighted by atomic mass is 9.13. The summed E-state index contributed by atoms with van der Waals surface area (Å²) < 4.78 is 151. The average Bonchev–Trinajstić information content (AvgIpc) is 2.97. The molecule has 0 amide bonds. The second-order valence-corrected chi connectivity index (χ2v) is 12.8. The standard InChI is InChI=1S/C32H29BF10N/c1-17(16-44-31(2,3)13-9-14-32(44,4)5)33(15-12-18-10-7-6-8-11-18,19-21(34)25(38)29(42)26(39)22(19)35)20-23(36)27(40)30(43)28(41)24(20)37/h6-8,10-11,17H,9,13-14,16H2,1-5H3/q-1/p+1/t17-/m1/s1. The van der Waals surface area contributed by atoms with Crippen molar-refractivity contribution in [3.05, 3.63) is 94.1 Å². The highest BCUT2D eigenvalue weighted by Gasteiger charge is 2.50. The van der Waals surface area contributed by atoms with E-state index in [-0.39, 0.29) is 12.1 Å². The van der Waals surface area contributed by atoms with Crippen LogP contribution in [0.4, 0.5) is 43.9 Å². The summed E-state index contributed by atoms with van der Waals surface area (Å²) in [7, 11) is 0. The van der Waals surface area contributed by atoms with Gasteiger partial charge in [0, 0.05) is 18.4 Å². The predicted molar refractivity (Wildman–Crippen MR) is 148 cm³/mol. The van der Waals surface area contributed by atoms with Crippen molar-refractivity contribution in [2.75, 3.05) is 6.54 Å². The van der Waals surface area contributed by atoms with Crippen LogP contribution in [-0.4, -0.2) is 23.8 Å². The Labute approximate surface area is 249 Å². The molecule has 1 fully saturated rings. The zero-order chi connectivity index (χ0) is 32.9. The van der Waals surface area contributed by atoms with Crippen LogP contribution < -0.4 is 15.8 Å². The van der Waals surface area contributed by atoms with E-state index in [9.17, 15) is 26.3 Å². The first-order valence-electron chi connectivity index (χ1n) is 14.0. The maximum Gasteiger partial charge on any atom is 0.200 e. The van der Waals surface area contributed by atoms with Gasteiger partial charge in [0.1, 0.15) is 29.4 Å². The van der Waals surface area contributed by atoms with E-state index >= 15 is 17.6 Å². The number of hydrogen-bond acceptors (Lipinski definition) is 0. The summed E-state index contributed by atoms with van der Waals surface area (Å²) >= 11 is 0. The Morgan fingerprint density at radius 3 is 1.39 bits per heavy atom. The van der Waals surface area contributed by atoms with Crippen LogP contribution in [0.15, 0.2) is 30.3 Å². The number of benzene rings is 3. The summed E-state index contributed by atoms with van der Waals surface area (Å²) in [5.74, 6) is -21.5. The molecule has 1 atom stereocenters. The number of piperidine rings is 1. The highest BCUT2D eigenvalue weighted by Crippen LogP contribution is 2.32. The van der Waals surface area contributed by atoms with Gasteiger partial charge in [-0.25, -0.2) is 43.9 Å². The topological polar surface area (TPSA) is 4.44 Å². The lowest BCUT2D eigenvalue weighted by Crippen LogP contribution is -3.27. The predicted octanol–water partition coefficient (Wildman–Crippen LogP) is 6.25. The fourth-order valence-electron chi connectivity index (χ4n) is 7.00. The molecule has 12 heteroatoms. The third kappa shape index (κ3) is 5.37. The number of halogens is 10. The molecule has 1 aliphatic rings. The van der Waals surface area contributed by atoms with Crippen molar-refractivity contribution in [1.82, 2.24) is 0 Å². The summed E-state index contributed by atoms with van der Waals surface area (Å²) in [5.41, 5.74) is -4.57. The van der Waals surface area contributed by atoms with E-state index in [0.717, 1.165) is 11.3 Å². The average molecular weight is 629 g/mol. The Morgan fingerprint density at radius 2 is 1.00 bits per heavy atom. The van der Waals surface area contributed by atoms with Crippen LogP contribution in [0.25, 0.3) is 0 Å². The van der Waals surface area contributed by atoms with Gasteiger partial charge in [-0.2, -0.15) is 0 Å². The van der Waals surface area contributed by atoms with E-state index in [2.05, 4.69) is 11.7 Å². The van der Waals surface area contributed by atoms with Gasteiger partial charge in [-0.05, 0) is 46.2 Å². The Hall–Kier alpha value is -3.46. The largest absolute Gasteiger partial charge is 0.329 e. The monoisotopic (exact) mass is 629 g/mol. The van der Waals surface area contributed by atoms with Crippen molar-refractivity contribution >= 4 is 17.1 Å². The zero-order valence-corrected chi connectivity index (χ0v) is 24.6. The van der Waals surface area contributed by atoms with Gasteiger partial charge >= 0.3 is 0 Å². The van der Waals surface area contributed by atoms with Crippen molar-refractivity contribution in [1.29, 1.82) is 0 Å². The molecule has 1 saturated heterocycles. The summed E-state index contributed by atoms with van der Waals surface area (Å²) in [5, 5.41) is 0. The summed E-state index contributed by atoms with van der Waals surface area (Å²) in [6.07, 6.45) is -2.24. The fourth-order valence-corrected chi connectivity index (χ4v) is 7.00. The summed E-state index contributed by atoms with van der Waals surface area (Å²) in [6, 6.07) is 7.32. The summed E-state index contributed by atoms with van der Waals surface area (Å²) in [4.78, 5) is 0.726. The van der Waals surface area contributed by atoms with Crippen LogP contribution in [0.3, 0.4) is 0 Å². The molecule has 0 unspecified atom stereocenters. The SMILES string of the molecule is C[C@H](C[NH+]1C(C)(C)CCCC1(C)C)[B-](C#Cc1ccccc1)(c1c(F)c(F)c(F)c(F)c1F)c1c(F)c(F)c(F)c(F)c1F. The van der Waals surface area contributed by atoms with Gasteiger partial charge in [0.15, 0.2) is 34.9 Å². The van der Waals surface area contributed by atoms with Crippen molar-refractivity contribution in [2.24, 2.45) is 0 Å². The molecule has 3 aromatic carbocycles. The van der Waals surface area contributed by atoms with Crippen LogP contribution in [0.5, 0.6) is 0 Å². The van der Waals surface area contributed by atoms with Crippen LogP contribution >= 0.6 is 0 Å². The van der Waals surface area contributed by atoms with E-state index in [1.165, 1.54) is 31.2 Å². The van der Waals surface area contributed by atoms with Gasteiger partial charge in [-0.15, -0.1) is 16.8 Å². The zero-order valence-electron chi connectivity index (χ0n) is 24.6. The Bertz CT molecular complexity index is 1520. The van der Waals surface area contributed by atoms with Gasteiger partial charge in [0.05, 0.1) is 17.6 Å². The Morgan fingerprint density at radius 1 is 0.636 bits per heavy atom. The Kier molecular flexibility index (Phi) is 8.97. The van der Waals surface area contributed by atoms with Gasteiger partial charge in [0.2, 0.25) is 0 Å². The molecule has 1 heterocycles. The molecule has 236 valence electrons. The molecule has 0 saturated carbocycles. The summed E-state index contributed by atoms with van der Waals surface area (Å²) in [6.45, 7) is 8.45. The first kappa shape index (κ1) is 33.4. The lowest BCUT2D eigenvalue weighted by molar-refractivity contribution is -0.999. The van der Waals surface area contributed by atoms with Gasteiger partial charge in [0.25, 0.3) is 0 Å². The molecular formula is C32H30BF10N. The van der Waals surface area contributed by atoms with Crippen LogP contribution in [0.2, 0.25) is 5.82 Å². The third-order valence-corrected chi connectivity index (χ3v) is 9.23. The van der Waals surface area contributed by atoms with E-state index in [4.69, 9.17) is 0 Å². The molecule has 1 N–H and O–H groups in total. The maximum atomic E-state index is 15.8. The van der Waals surface area contributed by atoms with E-state index in [1.807, 2.05) is 27.7 Å². The molecule has 44 heavy (non-hydrogen) atoms. The van der Waals surface area contributed by atoms with E-state index < -0.39 is 92.1 Å². The van der Waals surface area contributed by atoms with Crippen molar-refractivity contribution in [3.63, 3.8) is 0 Å². The number of nitrogens with one attached hydrogen (secondary N) is 1. The minimum atomic E-state index is -4.31. The molecular weight excluding hydrogens is 599 g/mol. The smallest absolute Gasteiger partial charge is 0.200 e. The van der Waals surface area contributed by atoms with Gasteiger partial charge < -0.3 is 4.90 Å².